The zero-order chi connectivity index (χ0) is 32.6. The van der Waals surface area contributed by atoms with Crippen LogP contribution >= 0.6 is 23.1 Å². The number of benzene rings is 2. The molecule has 0 aliphatic rings. The van der Waals surface area contributed by atoms with E-state index in [0.717, 1.165) is 16.5 Å². The summed E-state index contributed by atoms with van der Waals surface area (Å²) in [7, 11) is -3.36. The van der Waals surface area contributed by atoms with Gasteiger partial charge in [0.15, 0.2) is 15.7 Å². The number of para-hydroxylation sites is 1. The molecule has 3 aromatic heterocycles. The minimum Gasteiger partial charge on any atom is -0.489 e. The van der Waals surface area contributed by atoms with E-state index in [2.05, 4.69) is 19.3 Å². The van der Waals surface area contributed by atoms with Gasteiger partial charge in [-0.1, -0.05) is 55.8 Å². The third-order valence-electron chi connectivity index (χ3n) is 6.47. The van der Waals surface area contributed by atoms with E-state index in [-0.39, 0.29) is 30.4 Å². The van der Waals surface area contributed by atoms with Gasteiger partial charge in [-0.2, -0.15) is 4.37 Å². The second-order valence-electron chi connectivity index (χ2n) is 9.57. The monoisotopic (exact) mass is 668 g/mol. The molecule has 10 nitrogen and oxygen atoms in total. The molecule has 0 saturated heterocycles. The summed E-state index contributed by atoms with van der Waals surface area (Å²) in [4.78, 5) is 26.1. The van der Waals surface area contributed by atoms with Gasteiger partial charge < -0.3 is 14.2 Å². The molecule has 0 aliphatic heterocycles. The Labute approximate surface area is 271 Å². The van der Waals surface area contributed by atoms with E-state index in [4.69, 9.17) is 25.8 Å². The lowest BCUT2D eigenvalue weighted by atomic mass is 10.1. The number of pyridine rings is 1. The Balaban J connectivity index is 0.00000226. The zero-order valence-corrected chi connectivity index (χ0v) is 27.9. The second-order valence-corrected chi connectivity index (χ2v) is 12.8. The van der Waals surface area contributed by atoms with Crippen molar-refractivity contribution in [2.24, 2.45) is 0 Å². The summed E-state index contributed by atoms with van der Waals surface area (Å²) in [5.41, 5.74) is 2.73. The number of carbonyl (C=O) groups is 1. The van der Waals surface area contributed by atoms with Crippen molar-refractivity contribution in [3.05, 3.63) is 89.0 Å². The highest BCUT2D eigenvalue weighted by Crippen LogP contribution is 2.35. The van der Waals surface area contributed by atoms with Gasteiger partial charge in [0.05, 0.1) is 21.6 Å². The number of esters is 1. The number of fused-ring (bicyclic) bond motifs is 1. The lowest BCUT2D eigenvalue weighted by molar-refractivity contribution is -0.151. The van der Waals surface area contributed by atoms with E-state index >= 15 is 0 Å². The molecule has 3 heterocycles. The van der Waals surface area contributed by atoms with Gasteiger partial charge in [-0.3, -0.25) is 0 Å². The molecular formula is C32H33ClN4O6S2. The van der Waals surface area contributed by atoms with Crippen molar-refractivity contribution in [1.82, 2.24) is 19.3 Å². The molecule has 5 rings (SSSR count). The number of hydrogen-bond acceptors (Lipinski definition) is 11. The average molecular weight is 669 g/mol. The first kappa shape index (κ1) is 33.8. The first-order valence-corrected chi connectivity index (χ1v) is 17.2. The van der Waals surface area contributed by atoms with E-state index in [1.54, 1.807) is 49.8 Å². The van der Waals surface area contributed by atoms with Gasteiger partial charge in [-0.05, 0) is 49.1 Å². The van der Waals surface area contributed by atoms with E-state index in [0.29, 0.717) is 38.8 Å². The van der Waals surface area contributed by atoms with Crippen LogP contribution in [0, 0.1) is 6.92 Å². The SMILES string of the molecule is CC.CCOC(=O)C(Cc1ccccc1OCc1cnc(-c2cccc(S(C)(=O)=O)c2)nc1)Oc1nsc2cnc(Cl)c(C)c12. The van der Waals surface area contributed by atoms with E-state index < -0.39 is 21.9 Å². The summed E-state index contributed by atoms with van der Waals surface area (Å²) in [6.45, 7) is 7.91. The number of sulfone groups is 1. The molecule has 236 valence electrons. The fourth-order valence-corrected chi connectivity index (χ4v) is 5.83. The predicted molar refractivity (Wildman–Crippen MR) is 175 cm³/mol. The Kier molecular flexibility index (Phi) is 11.4. The van der Waals surface area contributed by atoms with Gasteiger partial charge in [0, 0.05) is 48.0 Å². The molecule has 1 atom stereocenters. The number of ether oxygens (including phenoxy) is 3. The minimum absolute atomic E-state index is 0.160. The van der Waals surface area contributed by atoms with Crippen LogP contribution in [-0.4, -0.2) is 52.7 Å². The molecule has 0 fully saturated rings. The standard InChI is InChI=1S/C30H27ClN4O6S2.C2H6/c1-4-39-30(36)24(41-29-26-18(2)27(31)32-16-25(26)42-35-29)13-20-8-5-6-11-23(20)40-17-19-14-33-28(34-15-19)21-9-7-10-22(12-21)43(3,37)38;1-2/h5-12,14-16,24H,4,13,17H2,1-3H3;1-2H3. The second kappa shape index (κ2) is 15.2. The molecule has 13 heteroatoms. The predicted octanol–water partition coefficient (Wildman–Crippen LogP) is 6.67. The highest BCUT2D eigenvalue weighted by atomic mass is 35.5. The zero-order valence-electron chi connectivity index (χ0n) is 25.5. The van der Waals surface area contributed by atoms with Crippen LogP contribution in [-0.2, 0) is 32.4 Å². The van der Waals surface area contributed by atoms with E-state index in [1.807, 2.05) is 39.0 Å². The number of rotatable bonds is 11. The van der Waals surface area contributed by atoms with Crippen molar-refractivity contribution in [1.29, 1.82) is 0 Å². The van der Waals surface area contributed by atoms with Crippen molar-refractivity contribution < 1.29 is 27.4 Å². The topological polar surface area (TPSA) is 130 Å². The minimum atomic E-state index is -3.36. The molecule has 0 amide bonds. The Morgan fingerprint density at radius 3 is 2.47 bits per heavy atom. The molecule has 2 aromatic carbocycles. The quantitative estimate of drug-likeness (QED) is 0.111. The maximum Gasteiger partial charge on any atom is 0.347 e. The summed E-state index contributed by atoms with van der Waals surface area (Å²) in [5.74, 6) is 0.709. The smallest absolute Gasteiger partial charge is 0.347 e. The lowest BCUT2D eigenvalue weighted by Gasteiger charge is -2.19. The van der Waals surface area contributed by atoms with Crippen molar-refractivity contribution in [3.63, 3.8) is 0 Å². The van der Waals surface area contributed by atoms with Crippen molar-refractivity contribution >= 4 is 49.0 Å². The molecule has 5 aromatic rings. The van der Waals surface area contributed by atoms with Crippen molar-refractivity contribution in [3.8, 4) is 23.0 Å². The maximum absolute atomic E-state index is 13.0. The van der Waals surface area contributed by atoms with Crippen LogP contribution in [0.2, 0.25) is 5.15 Å². The molecule has 0 radical (unpaired) electrons. The molecule has 0 bridgehead atoms. The molecule has 0 saturated carbocycles. The Hall–Kier alpha value is -4.13. The Morgan fingerprint density at radius 1 is 1.02 bits per heavy atom. The molecule has 1 unspecified atom stereocenters. The summed E-state index contributed by atoms with van der Waals surface area (Å²) in [6, 6.07) is 13.8. The summed E-state index contributed by atoms with van der Waals surface area (Å²) < 4.78 is 46.6. The third kappa shape index (κ3) is 8.33. The van der Waals surface area contributed by atoms with Crippen LogP contribution in [0.15, 0.2) is 72.0 Å². The van der Waals surface area contributed by atoms with E-state index in [1.165, 1.54) is 17.6 Å². The van der Waals surface area contributed by atoms with Crippen molar-refractivity contribution in [2.75, 3.05) is 12.9 Å². The summed E-state index contributed by atoms with van der Waals surface area (Å²) >= 11 is 7.44. The van der Waals surface area contributed by atoms with Crippen molar-refractivity contribution in [2.45, 2.75) is 51.7 Å². The van der Waals surface area contributed by atoms with Gasteiger partial charge in [0.25, 0.3) is 0 Å². The highest BCUT2D eigenvalue weighted by Gasteiger charge is 2.27. The molecule has 0 aliphatic carbocycles. The fraction of sp³-hybridized carbons (Fsp3) is 0.281. The molecule has 45 heavy (non-hydrogen) atoms. The van der Waals surface area contributed by atoms with Gasteiger partial charge >= 0.3 is 5.97 Å². The summed E-state index contributed by atoms with van der Waals surface area (Å²) in [5, 5.41) is 1.04. The Morgan fingerprint density at radius 2 is 1.76 bits per heavy atom. The van der Waals surface area contributed by atoms with E-state index in [9.17, 15) is 13.2 Å². The maximum atomic E-state index is 13.0. The number of carbonyl (C=O) groups excluding carboxylic acids is 1. The summed E-state index contributed by atoms with van der Waals surface area (Å²) in [6.07, 6.45) is 5.20. The molecule has 0 spiro atoms. The Bertz CT molecular complexity index is 1880. The van der Waals surface area contributed by atoms with Crippen LogP contribution in [0.4, 0.5) is 0 Å². The fourth-order valence-electron chi connectivity index (χ4n) is 4.28. The van der Waals surface area contributed by atoms with Gasteiger partial charge in [0.2, 0.25) is 12.0 Å². The van der Waals surface area contributed by atoms with Crippen LogP contribution in [0.1, 0.15) is 37.5 Å². The lowest BCUT2D eigenvalue weighted by Crippen LogP contribution is -2.32. The highest BCUT2D eigenvalue weighted by molar-refractivity contribution is 7.90. The van der Waals surface area contributed by atoms with Crippen LogP contribution < -0.4 is 9.47 Å². The van der Waals surface area contributed by atoms with Crippen LogP contribution in [0.25, 0.3) is 21.5 Å². The van der Waals surface area contributed by atoms with Gasteiger partial charge in [0.1, 0.15) is 17.5 Å². The number of halogens is 1. The number of aryl methyl sites for hydroxylation is 1. The molecular weight excluding hydrogens is 636 g/mol. The number of aromatic nitrogens is 4. The number of nitrogens with zero attached hydrogens (tertiary/aromatic N) is 4. The molecule has 0 N–H and O–H groups in total. The van der Waals surface area contributed by atoms with Gasteiger partial charge in [-0.25, -0.2) is 28.2 Å². The third-order valence-corrected chi connectivity index (χ3v) is 8.72. The first-order valence-electron chi connectivity index (χ1n) is 14.2. The first-order chi connectivity index (χ1) is 21.6. The normalized spacial score (nSPS) is 11.8. The average Bonchev–Trinajstić information content (AvgIpc) is 3.46. The number of hydrogen-bond donors (Lipinski definition) is 0. The van der Waals surface area contributed by atoms with Gasteiger partial charge in [-0.15, -0.1) is 0 Å². The largest absolute Gasteiger partial charge is 0.489 e. The van der Waals surface area contributed by atoms with Crippen LogP contribution in [0.5, 0.6) is 11.6 Å². The van der Waals surface area contributed by atoms with Crippen LogP contribution in [0.3, 0.4) is 0 Å².